The lowest BCUT2D eigenvalue weighted by atomic mass is 10.1. The van der Waals surface area contributed by atoms with Gasteiger partial charge >= 0.3 is 0 Å². The Morgan fingerprint density at radius 1 is 1.55 bits per heavy atom. The predicted molar refractivity (Wildman–Crippen MR) is 72.4 cm³/mol. The number of aromatic amines is 1. The average Bonchev–Trinajstić information content (AvgIpc) is 3.01. The molecule has 0 radical (unpaired) electrons. The van der Waals surface area contributed by atoms with Gasteiger partial charge in [0.15, 0.2) is 5.65 Å². The van der Waals surface area contributed by atoms with Crippen molar-refractivity contribution in [2.75, 3.05) is 0 Å². The molecule has 1 fully saturated rings. The number of nitrogens with zero attached hydrogens (tertiary/aromatic N) is 2. The summed E-state index contributed by atoms with van der Waals surface area (Å²) in [5, 5.41) is 20.3. The van der Waals surface area contributed by atoms with Crippen LogP contribution in [0.4, 0.5) is 0 Å². The number of fused-ring (bicyclic) bond motifs is 1. The maximum absolute atomic E-state index is 12.0. The first-order valence-corrected chi connectivity index (χ1v) is 6.64. The fourth-order valence-electron chi connectivity index (χ4n) is 2.62. The van der Waals surface area contributed by atoms with Crippen molar-refractivity contribution < 1.29 is 9.90 Å². The van der Waals surface area contributed by atoms with Crippen LogP contribution in [0.3, 0.4) is 0 Å². The van der Waals surface area contributed by atoms with E-state index < -0.39 is 6.10 Å². The minimum absolute atomic E-state index is 0.0800. The number of nitrogens with one attached hydrogen (secondary N) is 2. The van der Waals surface area contributed by atoms with Gasteiger partial charge in [-0.15, -0.1) is 0 Å². The van der Waals surface area contributed by atoms with Crippen molar-refractivity contribution >= 4 is 16.9 Å². The number of amides is 1. The Hall–Kier alpha value is -1.99. The van der Waals surface area contributed by atoms with E-state index in [1.807, 2.05) is 12.1 Å². The highest BCUT2D eigenvalue weighted by Crippen LogP contribution is 2.25. The molecule has 1 aliphatic carbocycles. The van der Waals surface area contributed by atoms with Crippen molar-refractivity contribution in [2.24, 2.45) is 11.7 Å². The Balaban J connectivity index is 1.63. The first kappa shape index (κ1) is 13.0. The summed E-state index contributed by atoms with van der Waals surface area (Å²) in [5.74, 6) is -0.295. The Morgan fingerprint density at radius 3 is 3.15 bits per heavy atom. The van der Waals surface area contributed by atoms with Crippen LogP contribution in [0, 0.1) is 5.92 Å². The van der Waals surface area contributed by atoms with Crippen LogP contribution in [0.5, 0.6) is 0 Å². The van der Waals surface area contributed by atoms with E-state index in [4.69, 9.17) is 5.73 Å². The van der Waals surface area contributed by atoms with Gasteiger partial charge in [0.25, 0.3) is 0 Å². The molecule has 1 amide bonds. The van der Waals surface area contributed by atoms with Gasteiger partial charge in [-0.1, -0.05) is 0 Å². The van der Waals surface area contributed by atoms with Crippen LogP contribution in [-0.4, -0.2) is 38.3 Å². The molecule has 0 saturated heterocycles. The molecule has 5 N–H and O–H groups in total. The summed E-state index contributed by atoms with van der Waals surface area (Å²) in [6.07, 6.45) is 2.05. The highest BCUT2D eigenvalue weighted by Gasteiger charge is 2.34. The van der Waals surface area contributed by atoms with Gasteiger partial charge in [-0.05, 0) is 25.0 Å². The van der Waals surface area contributed by atoms with Crippen LogP contribution >= 0.6 is 0 Å². The zero-order chi connectivity index (χ0) is 14.1. The zero-order valence-electron chi connectivity index (χ0n) is 10.9. The normalized spacial score (nSPS) is 26.0. The molecule has 7 heteroatoms. The van der Waals surface area contributed by atoms with E-state index in [1.165, 1.54) is 0 Å². The molecule has 3 atom stereocenters. The second kappa shape index (κ2) is 5.18. The number of pyridine rings is 1. The predicted octanol–water partition coefficient (Wildman–Crippen LogP) is -0.328. The largest absolute Gasteiger partial charge is 0.391 e. The molecule has 20 heavy (non-hydrogen) atoms. The summed E-state index contributed by atoms with van der Waals surface area (Å²) < 4.78 is 0. The second-order valence-electron chi connectivity index (χ2n) is 5.19. The summed E-state index contributed by atoms with van der Waals surface area (Å²) in [6.45, 7) is 0.364. The van der Waals surface area contributed by atoms with Crippen LogP contribution in [0.1, 0.15) is 18.5 Å². The second-order valence-corrected chi connectivity index (χ2v) is 5.19. The highest BCUT2D eigenvalue weighted by atomic mass is 16.3. The van der Waals surface area contributed by atoms with Crippen molar-refractivity contribution in [3.8, 4) is 0 Å². The number of hydrogen-bond acceptors (Lipinski definition) is 5. The molecule has 0 bridgehead atoms. The maximum Gasteiger partial charge on any atom is 0.223 e. The monoisotopic (exact) mass is 275 g/mol. The maximum atomic E-state index is 12.0. The van der Waals surface area contributed by atoms with Crippen LogP contribution in [0.15, 0.2) is 18.3 Å². The van der Waals surface area contributed by atoms with E-state index in [0.29, 0.717) is 25.0 Å². The molecule has 0 unspecified atom stereocenters. The molecule has 2 aromatic heterocycles. The van der Waals surface area contributed by atoms with E-state index in [9.17, 15) is 9.90 Å². The molecular formula is C13H17N5O2. The lowest BCUT2D eigenvalue weighted by molar-refractivity contribution is -0.125. The van der Waals surface area contributed by atoms with Crippen molar-refractivity contribution in [3.63, 3.8) is 0 Å². The van der Waals surface area contributed by atoms with Gasteiger partial charge in [0.1, 0.15) is 0 Å². The number of carbonyl (C=O) groups excluding carboxylic acids is 1. The fraction of sp³-hybridized carbons (Fsp3) is 0.462. The van der Waals surface area contributed by atoms with Crippen molar-refractivity contribution in [1.82, 2.24) is 20.5 Å². The summed E-state index contributed by atoms with van der Waals surface area (Å²) in [6, 6.07) is 3.43. The lowest BCUT2D eigenvalue weighted by Crippen LogP contribution is -2.30. The van der Waals surface area contributed by atoms with Gasteiger partial charge in [0.05, 0.1) is 18.3 Å². The van der Waals surface area contributed by atoms with Crippen molar-refractivity contribution in [2.45, 2.75) is 31.5 Å². The third kappa shape index (κ3) is 2.37. The first-order chi connectivity index (χ1) is 9.65. The average molecular weight is 275 g/mol. The molecule has 2 aromatic rings. The number of aliphatic hydroxyl groups excluding tert-OH is 1. The molecule has 0 aromatic carbocycles. The Kier molecular flexibility index (Phi) is 3.37. The van der Waals surface area contributed by atoms with E-state index in [2.05, 4.69) is 20.5 Å². The molecule has 0 spiro atoms. The zero-order valence-corrected chi connectivity index (χ0v) is 10.9. The lowest BCUT2D eigenvalue weighted by Gasteiger charge is -2.09. The quantitative estimate of drug-likeness (QED) is 0.612. The van der Waals surface area contributed by atoms with Gasteiger partial charge in [0.2, 0.25) is 5.91 Å². The molecule has 0 aliphatic heterocycles. The minimum Gasteiger partial charge on any atom is -0.391 e. The number of carbonyl (C=O) groups is 1. The number of aromatic nitrogens is 3. The Morgan fingerprint density at radius 2 is 2.40 bits per heavy atom. The molecule has 106 valence electrons. The first-order valence-electron chi connectivity index (χ1n) is 6.64. The Labute approximate surface area is 115 Å². The van der Waals surface area contributed by atoms with Gasteiger partial charge < -0.3 is 16.2 Å². The minimum atomic E-state index is -0.581. The molecule has 2 heterocycles. The summed E-state index contributed by atoms with van der Waals surface area (Å²) >= 11 is 0. The van der Waals surface area contributed by atoms with Gasteiger partial charge in [0, 0.05) is 23.5 Å². The third-order valence-corrected chi connectivity index (χ3v) is 3.80. The highest BCUT2D eigenvalue weighted by molar-refractivity contribution is 5.81. The summed E-state index contributed by atoms with van der Waals surface area (Å²) in [5.41, 5.74) is 7.17. The van der Waals surface area contributed by atoms with Gasteiger partial charge in [-0.2, -0.15) is 5.10 Å². The summed E-state index contributed by atoms with van der Waals surface area (Å²) in [7, 11) is 0. The van der Waals surface area contributed by atoms with Crippen molar-refractivity contribution in [1.29, 1.82) is 0 Å². The molecular weight excluding hydrogens is 258 g/mol. The van der Waals surface area contributed by atoms with E-state index in [0.717, 1.165) is 11.1 Å². The SMILES string of the molecule is N[C@@H]1C[C@H](C(=O)NCc2[nH]nc3ncccc23)C[C@H]1O. The molecule has 3 rings (SSSR count). The topological polar surface area (TPSA) is 117 Å². The Bertz CT molecular complexity index is 616. The molecule has 1 saturated carbocycles. The van der Waals surface area contributed by atoms with Crippen LogP contribution in [-0.2, 0) is 11.3 Å². The fourth-order valence-corrected chi connectivity index (χ4v) is 2.62. The number of aliphatic hydroxyl groups is 1. The standard InChI is InChI=1S/C13H17N5O2/c14-9-4-7(5-11(9)19)13(20)16-6-10-8-2-1-3-15-12(8)18-17-10/h1-3,7,9,11,19H,4-6,14H2,(H,16,20)(H,15,17,18)/t7-,9+,11+/m0/s1. The summed E-state index contributed by atoms with van der Waals surface area (Å²) in [4.78, 5) is 16.2. The third-order valence-electron chi connectivity index (χ3n) is 3.80. The van der Waals surface area contributed by atoms with E-state index in [1.54, 1.807) is 6.20 Å². The van der Waals surface area contributed by atoms with Gasteiger partial charge in [-0.3, -0.25) is 9.89 Å². The molecule has 1 aliphatic rings. The number of nitrogens with two attached hydrogens (primary N) is 1. The number of rotatable bonds is 3. The van der Waals surface area contributed by atoms with Crippen molar-refractivity contribution in [3.05, 3.63) is 24.0 Å². The number of H-pyrrole nitrogens is 1. The number of hydrogen-bond donors (Lipinski definition) is 4. The van der Waals surface area contributed by atoms with E-state index in [-0.39, 0.29) is 17.9 Å². The molecule has 7 nitrogen and oxygen atoms in total. The smallest absolute Gasteiger partial charge is 0.223 e. The van der Waals surface area contributed by atoms with Crippen LogP contribution in [0.25, 0.3) is 11.0 Å². The van der Waals surface area contributed by atoms with E-state index >= 15 is 0 Å². The van der Waals surface area contributed by atoms with Gasteiger partial charge in [-0.25, -0.2) is 4.98 Å². The van der Waals surface area contributed by atoms with Crippen LogP contribution in [0.2, 0.25) is 0 Å². The van der Waals surface area contributed by atoms with Crippen LogP contribution < -0.4 is 11.1 Å².